The van der Waals surface area contributed by atoms with Crippen molar-refractivity contribution >= 4 is 21.6 Å². The maximum absolute atomic E-state index is 9.74. The lowest BCUT2D eigenvalue weighted by molar-refractivity contribution is 0.224. The zero-order valence-electron chi connectivity index (χ0n) is 11.1. The van der Waals surface area contributed by atoms with Gasteiger partial charge in [0.25, 0.3) is 0 Å². The number of anilines is 1. The second-order valence-electron chi connectivity index (χ2n) is 4.79. The number of nitrogens with one attached hydrogen (secondary N) is 1. The summed E-state index contributed by atoms with van der Waals surface area (Å²) in [5, 5.41) is 22.0. The van der Waals surface area contributed by atoms with Gasteiger partial charge in [-0.1, -0.05) is 30.3 Å². The molecule has 0 fully saturated rings. The van der Waals surface area contributed by atoms with Crippen LogP contribution in [0.4, 0.5) is 5.69 Å². The van der Waals surface area contributed by atoms with E-state index in [9.17, 15) is 5.11 Å². The topological polar surface area (TPSA) is 56.0 Å². The van der Waals surface area contributed by atoms with E-state index >= 15 is 0 Å². The summed E-state index contributed by atoms with van der Waals surface area (Å²) in [6.45, 7) is 1.91. The summed E-state index contributed by atoms with van der Waals surface area (Å²) in [5.41, 5.74) is 1.86. The number of halogens is 1. The Morgan fingerprint density at radius 3 is 2.50 bits per heavy atom. The van der Waals surface area contributed by atoms with Gasteiger partial charge in [0.05, 0.1) is 17.7 Å². The van der Waals surface area contributed by atoms with Gasteiger partial charge in [-0.05, 0) is 46.6 Å². The number of rotatable bonds is 4. The van der Waals surface area contributed by atoms with Crippen molar-refractivity contribution in [1.29, 1.82) is 5.26 Å². The van der Waals surface area contributed by atoms with E-state index in [2.05, 4.69) is 27.3 Å². The van der Waals surface area contributed by atoms with Crippen LogP contribution in [0.2, 0.25) is 0 Å². The first-order valence-electron chi connectivity index (χ1n) is 6.23. The van der Waals surface area contributed by atoms with Crippen LogP contribution in [-0.4, -0.2) is 11.7 Å². The van der Waals surface area contributed by atoms with Gasteiger partial charge in [0, 0.05) is 10.2 Å². The highest BCUT2D eigenvalue weighted by Gasteiger charge is 2.25. The van der Waals surface area contributed by atoms with Crippen molar-refractivity contribution in [3.05, 3.63) is 64.1 Å². The number of benzene rings is 2. The zero-order chi connectivity index (χ0) is 14.6. The Bertz CT molecular complexity index is 637. The molecule has 2 N–H and O–H groups in total. The smallest absolute Gasteiger partial charge is 0.100 e. The number of hydrogen-bond acceptors (Lipinski definition) is 3. The molecule has 0 saturated carbocycles. The Labute approximate surface area is 127 Å². The molecule has 0 amide bonds. The molecule has 0 aliphatic carbocycles. The average Bonchev–Trinajstić information content (AvgIpc) is 2.48. The minimum absolute atomic E-state index is 0.0331. The first kappa shape index (κ1) is 14.6. The fraction of sp³-hybridized carbons (Fsp3) is 0.188. The number of nitrogens with zero attached hydrogens (tertiary/aromatic N) is 1. The van der Waals surface area contributed by atoms with E-state index in [1.165, 1.54) is 0 Å². The first-order chi connectivity index (χ1) is 9.59. The van der Waals surface area contributed by atoms with E-state index in [4.69, 9.17) is 5.26 Å². The van der Waals surface area contributed by atoms with Crippen LogP contribution in [0.1, 0.15) is 18.1 Å². The molecule has 0 spiro atoms. The molecule has 0 bridgehead atoms. The standard InChI is InChI=1S/C16H15BrN2O/c1-16(11-20,13-5-3-2-4-6-13)19-14-8-7-12(10-18)15(17)9-14/h2-9,19-20H,11H2,1H3. The molecule has 0 heterocycles. The molecule has 0 radical (unpaired) electrons. The summed E-state index contributed by atoms with van der Waals surface area (Å²) in [6, 6.07) is 17.3. The van der Waals surface area contributed by atoms with Gasteiger partial charge in [0.1, 0.15) is 6.07 Å². The molecule has 0 aromatic heterocycles. The van der Waals surface area contributed by atoms with Crippen molar-refractivity contribution in [2.45, 2.75) is 12.5 Å². The van der Waals surface area contributed by atoms with Crippen LogP contribution < -0.4 is 5.32 Å². The van der Waals surface area contributed by atoms with E-state index in [0.29, 0.717) is 5.56 Å². The van der Waals surface area contributed by atoms with Crippen LogP contribution in [0, 0.1) is 11.3 Å². The van der Waals surface area contributed by atoms with E-state index in [-0.39, 0.29) is 6.61 Å². The number of aliphatic hydroxyl groups is 1. The van der Waals surface area contributed by atoms with Crippen molar-refractivity contribution in [3.8, 4) is 6.07 Å². The third kappa shape index (κ3) is 3.01. The zero-order valence-corrected chi connectivity index (χ0v) is 12.7. The summed E-state index contributed by atoms with van der Waals surface area (Å²) in [5.74, 6) is 0. The van der Waals surface area contributed by atoms with Gasteiger partial charge in [-0.2, -0.15) is 5.26 Å². The lowest BCUT2D eigenvalue weighted by Crippen LogP contribution is -2.35. The molecule has 0 aliphatic rings. The summed E-state index contributed by atoms with van der Waals surface area (Å²) in [4.78, 5) is 0. The molecule has 2 aromatic carbocycles. The van der Waals surface area contributed by atoms with E-state index in [1.807, 2.05) is 49.4 Å². The van der Waals surface area contributed by atoms with Crippen molar-refractivity contribution in [1.82, 2.24) is 0 Å². The lowest BCUT2D eigenvalue weighted by Gasteiger charge is -2.30. The predicted octanol–water partition coefficient (Wildman–Crippen LogP) is 3.64. The van der Waals surface area contributed by atoms with E-state index in [1.54, 1.807) is 6.07 Å². The Morgan fingerprint density at radius 2 is 1.95 bits per heavy atom. The van der Waals surface area contributed by atoms with Crippen LogP contribution in [0.3, 0.4) is 0 Å². The Hall–Kier alpha value is -1.83. The second-order valence-corrected chi connectivity index (χ2v) is 5.64. The molecule has 0 saturated heterocycles. The summed E-state index contributed by atoms with van der Waals surface area (Å²) < 4.78 is 0.735. The second kappa shape index (κ2) is 6.08. The van der Waals surface area contributed by atoms with E-state index < -0.39 is 5.54 Å². The van der Waals surface area contributed by atoms with Crippen molar-refractivity contribution in [2.75, 3.05) is 11.9 Å². The minimum atomic E-state index is -0.575. The van der Waals surface area contributed by atoms with Crippen molar-refractivity contribution < 1.29 is 5.11 Å². The van der Waals surface area contributed by atoms with Crippen LogP contribution in [0.25, 0.3) is 0 Å². The summed E-state index contributed by atoms with van der Waals surface area (Å²) in [7, 11) is 0. The quantitative estimate of drug-likeness (QED) is 0.899. The van der Waals surface area contributed by atoms with Gasteiger partial charge in [0.15, 0.2) is 0 Å². The van der Waals surface area contributed by atoms with Gasteiger partial charge in [-0.25, -0.2) is 0 Å². The highest BCUT2D eigenvalue weighted by Crippen LogP contribution is 2.28. The van der Waals surface area contributed by atoms with Crippen LogP contribution >= 0.6 is 15.9 Å². The lowest BCUT2D eigenvalue weighted by atomic mass is 9.92. The van der Waals surface area contributed by atoms with Gasteiger partial charge < -0.3 is 10.4 Å². The average molecular weight is 331 g/mol. The number of hydrogen-bond donors (Lipinski definition) is 2. The summed E-state index contributed by atoms with van der Waals surface area (Å²) >= 11 is 3.37. The van der Waals surface area contributed by atoms with Crippen molar-refractivity contribution in [2.24, 2.45) is 0 Å². The molecular formula is C16H15BrN2O. The van der Waals surface area contributed by atoms with E-state index in [0.717, 1.165) is 15.7 Å². The fourth-order valence-corrected chi connectivity index (χ4v) is 2.48. The molecule has 0 aliphatic heterocycles. The largest absolute Gasteiger partial charge is 0.394 e. The van der Waals surface area contributed by atoms with Gasteiger partial charge in [0.2, 0.25) is 0 Å². The van der Waals surface area contributed by atoms with Crippen LogP contribution in [0.5, 0.6) is 0 Å². The molecule has 4 heteroatoms. The van der Waals surface area contributed by atoms with Crippen LogP contribution in [0.15, 0.2) is 53.0 Å². The molecule has 20 heavy (non-hydrogen) atoms. The molecule has 1 unspecified atom stereocenters. The van der Waals surface area contributed by atoms with Gasteiger partial charge in [-0.15, -0.1) is 0 Å². The normalized spacial score (nSPS) is 13.3. The fourth-order valence-electron chi connectivity index (χ4n) is 2.01. The first-order valence-corrected chi connectivity index (χ1v) is 7.02. The SMILES string of the molecule is CC(CO)(Nc1ccc(C#N)c(Br)c1)c1ccccc1. The maximum atomic E-state index is 9.74. The number of nitriles is 1. The molecule has 2 aromatic rings. The maximum Gasteiger partial charge on any atom is 0.100 e. The highest BCUT2D eigenvalue weighted by atomic mass is 79.9. The molecule has 2 rings (SSSR count). The molecular weight excluding hydrogens is 316 g/mol. The molecule has 3 nitrogen and oxygen atoms in total. The van der Waals surface area contributed by atoms with Crippen LogP contribution in [-0.2, 0) is 5.54 Å². The third-order valence-corrected chi connectivity index (χ3v) is 3.89. The summed E-state index contributed by atoms with van der Waals surface area (Å²) in [6.07, 6.45) is 0. The Kier molecular flexibility index (Phi) is 4.43. The molecule has 1 atom stereocenters. The van der Waals surface area contributed by atoms with Gasteiger partial charge >= 0.3 is 0 Å². The Balaban J connectivity index is 2.31. The third-order valence-electron chi connectivity index (χ3n) is 3.24. The predicted molar refractivity (Wildman–Crippen MR) is 83.4 cm³/mol. The minimum Gasteiger partial charge on any atom is -0.394 e. The van der Waals surface area contributed by atoms with Crippen molar-refractivity contribution in [3.63, 3.8) is 0 Å². The highest BCUT2D eigenvalue weighted by molar-refractivity contribution is 9.10. The molecule has 102 valence electrons. The Morgan fingerprint density at radius 1 is 1.25 bits per heavy atom. The monoisotopic (exact) mass is 330 g/mol. The number of aliphatic hydroxyl groups excluding tert-OH is 1. The van der Waals surface area contributed by atoms with Gasteiger partial charge in [-0.3, -0.25) is 0 Å².